The van der Waals surface area contributed by atoms with Crippen LogP contribution in [-0.4, -0.2) is 34.4 Å². The molecular formula is C26H28N4O3. The summed E-state index contributed by atoms with van der Waals surface area (Å²) >= 11 is 0. The van der Waals surface area contributed by atoms with Gasteiger partial charge in [-0.2, -0.15) is 10.1 Å². The Kier molecular flexibility index (Phi) is 6.58. The summed E-state index contributed by atoms with van der Waals surface area (Å²) in [6, 6.07) is 17.6. The zero-order valence-corrected chi connectivity index (χ0v) is 19.4. The molecule has 1 N–H and O–H groups in total. The summed E-state index contributed by atoms with van der Waals surface area (Å²) in [6.07, 6.45) is 0.801. The fourth-order valence-corrected chi connectivity index (χ4v) is 3.80. The van der Waals surface area contributed by atoms with Crippen molar-refractivity contribution in [1.29, 1.82) is 0 Å². The van der Waals surface area contributed by atoms with Gasteiger partial charge in [0.1, 0.15) is 5.75 Å². The Labute approximate surface area is 193 Å². The maximum atomic E-state index is 12.4. The van der Waals surface area contributed by atoms with Gasteiger partial charge in [0, 0.05) is 23.6 Å². The number of amides is 1. The van der Waals surface area contributed by atoms with Crippen LogP contribution in [0.5, 0.6) is 11.6 Å². The molecule has 0 fully saturated rings. The maximum Gasteiger partial charge on any atom is 0.258 e. The third-order valence-corrected chi connectivity index (χ3v) is 5.55. The van der Waals surface area contributed by atoms with Gasteiger partial charge in [-0.1, -0.05) is 42.8 Å². The number of fused-ring (bicyclic) bond motifs is 1. The van der Waals surface area contributed by atoms with Crippen molar-refractivity contribution in [2.45, 2.75) is 33.7 Å². The molecule has 170 valence electrons. The molecular weight excluding hydrogens is 416 g/mol. The van der Waals surface area contributed by atoms with E-state index in [1.165, 1.54) is 5.56 Å². The van der Waals surface area contributed by atoms with Crippen molar-refractivity contribution in [2.75, 3.05) is 13.7 Å². The van der Waals surface area contributed by atoms with Crippen molar-refractivity contribution in [3.05, 3.63) is 77.0 Å². The minimum absolute atomic E-state index is 0.130. The number of aromatic nitrogens is 3. The van der Waals surface area contributed by atoms with Crippen molar-refractivity contribution in [2.24, 2.45) is 0 Å². The van der Waals surface area contributed by atoms with E-state index < -0.39 is 0 Å². The average molecular weight is 445 g/mol. The van der Waals surface area contributed by atoms with E-state index in [-0.39, 0.29) is 12.5 Å². The second kappa shape index (κ2) is 9.73. The molecule has 0 atom stereocenters. The number of benzene rings is 2. The molecule has 0 aliphatic rings. The molecule has 7 heteroatoms. The van der Waals surface area contributed by atoms with Gasteiger partial charge in [-0.05, 0) is 44.0 Å². The lowest BCUT2D eigenvalue weighted by Gasteiger charge is -2.11. The van der Waals surface area contributed by atoms with Crippen molar-refractivity contribution < 1.29 is 14.3 Å². The monoisotopic (exact) mass is 444 g/mol. The van der Waals surface area contributed by atoms with Crippen molar-refractivity contribution >= 4 is 16.9 Å². The number of nitrogens with one attached hydrogen (secondary N) is 1. The Morgan fingerprint density at radius 1 is 1.06 bits per heavy atom. The number of carbonyl (C=O) groups is 1. The normalized spacial score (nSPS) is 10.9. The molecule has 2 aromatic heterocycles. The Morgan fingerprint density at radius 3 is 2.55 bits per heavy atom. The number of methoxy groups -OCH3 is 1. The van der Waals surface area contributed by atoms with Gasteiger partial charge in [-0.15, -0.1) is 0 Å². The number of nitrogens with zero attached hydrogens (tertiary/aromatic N) is 3. The van der Waals surface area contributed by atoms with Crippen LogP contribution in [-0.2, 0) is 17.8 Å². The molecule has 7 nitrogen and oxygen atoms in total. The number of hydrogen-bond acceptors (Lipinski definition) is 5. The molecule has 2 heterocycles. The van der Waals surface area contributed by atoms with E-state index in [1.54, 1.807) is 7.11 Å². The first-order valence-electron chi connectivity index (χ1n) is 11.0. The SMILES string of the molecule is CCc1cc(OCC(=O)NCc2ccccc2OC)nc2c1c(C)nn2-c1ccc(C)cc1. The van der Waals surface area contributed by atoms with Crippen LogP contribution >= 0.6 is 0 Å². The highest BCUT2D eigenvalue weighted by atomic mass is 16.5. The minimum Gasteiger partial charge on any atom is -0.496 e. The van der Waals surface area contributed by atoms with Gasteiger partial charge in [-0.3, -0.25) is 4.79 Å². The van der Waals surface area contributed by atoms with Gasteiger partial charge in [-0.25, -0.2) is 4.68 Å². The molecule has 33 heavy (non-hydrogen) atoms. The van der Waals surface area contributed by atoms with Crippen LogP contribution in [0.4, 0.5) is 0 Å². The largest absolute Gasteiger partial charge is 0.496 e. The molecule has 0 spiro atoms. The topological polar surface area (TPSA) is 78.3 Å². The molecule has 0 aliphatic heterocycles. The average Bonchev–Trinajstić information content (AvgIpc) is 3.17. The Hall–Kier alpha value is -3.87. The van der Waals surface area contributed by atoms with Gasteiger partial charge < -0.3 is 14.8 Å². The van der Waals surface area contributed by atoms with E-state index in [1.807, 2.05) is 66.2 Å². The van der Waals surface area contributed by atoms with Crippen LogP contribution in [0.2, 0.25) is 0 Å². The van der Waals surface area contributed by atoms with E-state index in [9.17, 15) is 4.79 Å². The first kappa shape index (κ1) is 22.3. The summed E-state index contributed by atoms with van der Waals surface area (Å²) in [6.45, 7) is 6.35. The van der Waals surface area contributed by atoms with Crippen molar-refractivity contribution in [3.63, 3.8) is 0 Å². The van der Waals surface area contributed by atoms with Crippen LogP contribution in [0.3, 0.4) is 0 Å². The summed E-state index contributed by atoms with van der Waals surface area (Å²) in [5, 5.41) is 8.61. The number of hydrogen-bond donors (Lipinski definition) is 1. The molecule has 4 rings (SSSR count). The van der Waals surface area contributed by atoms with Crippen LogP contribution in [0.25, 0.3) is 16.7 Å². The lowest BCUT2D eigenvalue weighted by molar-refractivity contribution is -0.123. The fraction of sp³-hybridized carbons (Fsp3) is 0.269. The number of rotatable bonds is 8. The van der Waals surface area contributed by atoms with Gasteiger partial charge in [0.25, 0.3) is 5.91 Å². The summed E-state index contributed by atoms with van der Waals surface area (Å²) in [5.41, 5.74) is 5.73. The molecule has 0 radical (unpaired) electrons. The van der Waals surface area contributed by atoms with Gasteiger partial charge in [0.15, 0.2) is 12.3 Å². The van der Waals surface area contributed by atoms with E-state index in [0.29, 0.717) is 12.4 Å². The fourth-order valence-electron chi connectivity index (χ4n) is 3.80. The van der Waals surface area contributed by atoms with E-state index in [2.05, 4.69) is 19.2 Å². The number of carbonyl (C=O) groups excluding carboxylic acids is 1. The molecule has 2 aromatic carbocycles. The highest BCUT2D eigenvalue weighted by Crippen LogP contribution is 2.27. The standard InChI is InChI=1S/C26H28N4O3/c1-5-19-14-24(33-16-23(31)27-15-20-8-6-7-9-22(20)32-4)28-26-25(19)18(3)29-30(26)21-12-10-17(2)11-13-21/h6-14H,5,15-16H2,1-4H3,(H,27,31). The van der Waals surface area contributed by atoms with Crippen molar-refractivity contribution in [3.8, 4) is 17.3 Å². The molecule has 1 amide bonds. The predicted octanol–water partition coefficient (Wildman–Crippen LogP) is 4.30. The Bertz CT molecular complexity index is 1280. The maximum absolute atomic E-state index is 12.4. The van der Waals surface area contributed by atoms with E-state index in [4.69, 9.17) is 19.6 Å². The quantitative estimate of drug-likeness (QED) is 0.438. The van der Waals surface area contributed by atoms with Crippen LogP contribution in [0.1, 0.15) is 29.3 Å². The third-order valence-electron chi connectivity index (χ3n) is 5.55. The Morgan fingerprint density at radius 2 is 1.82 bits per heavy atom. The number of para-hydroxylation sites is 1. The lowest BCUT2D eigenvalue weighted by Crippen LogP contribution is -2.28. The van der Waals surface area contributed by atoms with Gasteiger partial charge in [0.05, 0.1) is 18.5 Å². The zero-order valence-electron chi connectivity index (χ0n) is 19.4. The smallest absolute Gasteiger partial charge is 0.258 e. The second-order valence-electron chi connectivity index (χ2n) is 7.88. The third kappa shape index (κ3) is 4.82. The molecule has 0 unspecified atom stereocenters. The first-order chi connectivity index (χ1) is 16.0. The number of aryl methyl sites for hydroxylation is 3. The summed E-state index contributed by atoms with van der Waals surface area (Å²) in [7, 11) is 1.61. The lowest BCUT2D eigenvalue weighted by atomic mass is 10.1. The second-order valence-corrected chi connectivity index (χ2v) is 7.88. The van der Waals surface area contributed by atoms with E-state index in [0.717, 1.165) is 45.7 Å². The summed E-state index contributed by atoms with van der Waals surface area (Å²) in [4.78, 5) is 17.1. The first-order valence-corrected chi connectivity index (χ1v) is 11.0. The Balaban J connectivity index is 1.53. The molecule has 0 saturated carbocycles. The van der Waals surface area contributed by atoms with Gasteiger partial charge >= 0.3 is 0 Å². The highest BCUT2D eigenvalue weighted by molar-refractivity contribution is 5.84. The zero-order chi connectivity index (χ0) is 23.4. The van der Waals surface area contributed by atoms with Crippen LogP contribution in [0, 0.1) is 13.8 Å². The van der Waals surface area contributed by atoms with Gasteiger partial charge in [0.2, 0.25) is 5.88 Å². The highest BCUT2D eigenvalue weighted by Gasteiger charge is 2.16. The van der Waals surface area contributed by atoms with Crippen molar-refractivity contribution in [1.82, 2.24) is 20.1 Å². The van der Waals surface area contributed by atoms with Crippen LogP contribution < -0.4 is 14.8 Å². The molecule has 0 saturated heterocycles. The molecule has 4 aromatic rings. The molecule has 0 bridgehead atoms. The predicted molar refractivity (Wildman–Crippen MR) is 128 cm³/mol. The number of ether oxygens (including phenoxy) is 2. The summed E-state index contributed by atoms with van der Waals surface area (Å²) < 4.78 is 12.9. The van der Waals surface area contributed by atoms with Crippen LogP contribution in [0.15, 0.2) is 54.6 Å². The van der Waals surface area contributed by atoms with E-state index >= 15 is 0 Å². The summed E-state index contributed by atoms with van der Waals surface area (Å²) in [5.74, 6) is 0.905. The minimum atomic E-state index is -0.232. The number of pyridine rings is 1. The molecule has 0 aliphatic carbocycles.